The number of carbonyl (C=O) groups excluding carboxylic acids is 2. The molecule has 1 fully saturated rings. The SMILES string of the molecule is O=C(CC(=O)C1CC1)c1cnc2ccccc2n1. The molecule has 0 aliphatic heterocycles. The van der Waals surface area contributed by atoms with Crippen molar-refractivity contribution in [3.05, 3.63) is 36.2 Å². The molecule has 0 saturated heterocycles. The Labute approximate surface area is 104 Å². The summed E-state index contributed by atoms with van der Waals surface area (Å²) in [6.07, 6.45) is 3.26. The van der Waals surface area contributed by atoms with Gasteiger partial charge >= 0.3 is 0 Å². The van der Waals surface area contributed by atoms with Crippen LogP contribution in [0.2, 0.25) is 0 Å². The van der Waals surface area contributed by atoms with E-state index < -0.39 is 0 Å². The van der Waals surface area contributed by atoms with Gasteiger partial charge < -0.3 is 0 Å². The van der Waals surface area contributed by atoms with Crippen molar-refractivity contribution in [2.45, 2.75) is 19.3 Å². The van der Waals surface area contributed by atoms with Crippen molar-refractivity contribution in [3.8, 4) is 0 Å². The van der Waals surface area contributed by atoms with Crippen LogP contribution in [-0.4, -0.2) is 21.5 Å². The lowest BCUT2D eigenvalue weighted by molar-refractivity contribution is -0.119. The van der Waals surface area contributed by atoms with E-state index in [9.17, 15) is 9.59 Å². The van der Waals surface area contributed by atoms with Gasteiger partial charge in [-0.15, -0.1) is 0 Å². The molecule has 1 aromatic heterocycles. The van der Waals surface area contributed by atoms with Gasteiger partial charge in [-0.3, -0.25) is 14.6 Å². The second kappa shape index (κ2) is 4.29. The molecule has 1 saturated carbocycles. The summed E-state index contributed by atoms with van der Waals surface area (Å²) >= 11 is 0. The zero-order valence-corrected chi connectivity index (χ0v) is 9.80. The van der Waals surface area contributed by atoms with E-state index in [1.807, 2.05) is 24.3 Å². The molecule has 1 aliphatic rings. The summed E-state index contributed by atoms with van der Waals surface area (Å²) in [7, 11) is 0. The number of para-hydroxylation sites is 2. The van der Waals surface area contributed by atoms with Crippen molar-refractivity contribution in [2.24, 2.45) is 5.92 Å². The second-order valence-corrected chi connectivity index (χ2v) is 4.58. The van der Waals surface area contributed by atoms with Crippen LogP contribution >= 0.6 is 0 Å². The number of Topliss-reactive ketones (excluding diaryl/α,β-unsaturated/α-hetero) is 2. The normalized spacial score (nSPS) is 14.7. The van der Waals surface area contributed by atoms with Gasteiger partial charge in [0.1, 0.15) is 11.5 Å². The van der Waals surface area contributed by atoms with E-state index in [-0.39, 0.29) is 29.6 Å². The highest BCUT2D eigenvalue weighted by molar-refractivity contribution is 6.08. The Morgan fingerprint density at radius 2 is 1.89 bits per heavy atom. The lowest BCUT2D eigenvalue weighted by Crippen LogP contribution is -2.11. The summed E-state index contributed by atoms with van der Waals surface area (Å²) < 4.78 is 0. The smallest absolute Gasteiger partial charge is 0.190 e. The van der Waals surface area contributed by atoms with Crippen LogP contribution in [-0.2, 0) is 4.79 Å². The first-order valence-electron chi connectivity index (χ1n) is 6.02. The molecule has 3 rings (SSSR count). The minimum absolute atomic E-state index is 0.0370. The van der Waals surface area contributed by atoms with E-state index in [0.717, 1.165) is 18.4 Å². The highest BCUT2D eigenvalue weighted by Gasteiger charge is 2.31. The van der Waals surface area contributed by atoms with Gasteiger partial charge in [0.2, 0.25) is 0 Å². The number of ketones is 2. The topological polar surface area (TPSA) is 59.9 Å². The third-order valence-electron chi connectivity index (χ3n) is 3.10. The predicted molar refractivity (Wildman–Crippen MR) is 66.2 cm³/mol. The van der Waals surface area contributed by atoms with Gasteiger partial charge in [-0.2, -0.15) is 0 Å². The maximum atomic E-state index is 11.9. The van der Waals surface area contributed by atoms with Crippen molar-refractivity contribution in [3.63, 3.8) is 0 Å². The average molecular weight is 240 g/mol. The first-order valence-corrected chi connectivity index (χ1v) is 6.02. The van der Waals surface area contributed by atoms with Crippen molar-refractivity contribution < 1.29 is 9.59 Å². The Hall–Kier alpha value is -2.10. The monoisotopic (exact) mass is 240 g/mol. The molecule has 0 N–H and O–H groups in total. The molecular weight excluding hydrogens is 228 g/mol. The number of benzene rings is 1. The number of hydrogen-bond acceptors (Lipinski definition) is 4. The van der Waals surface area contributed by atoms with E-state index in [2.05, 4.69) is 9.97 Å². The van der Waals surface area contributed by atoms with Crippen LogP contribution in [0.3, 0.4) is 0 Å². The van der Waals surface area contributed by atoms with Crippen molar-refractivity contribution in [1.29, 1.82) is 0 Å². The van der Waals surface area contributed by atoms with E-state index in [1.165, 1.54) is 6.20 Å². The molecule has 2 aromatic rings. The molecule has 1 heterocycles. The fourth-order valence-corrected chi connectivity index (χ4v) is 1.89. The maximum Gasteiger partial charge on any atom is 0.190 e. The molecule has 1 aliphatic carbocycles. The molecule has 0 amide bonds. The number of fused-ring (bicyclic) bond motifs is 1. The lowest BCUT2D eigenvalue weighted by atomic mass is 10.1. The van der Waals surface area contributed by atoms with E-state index in [4.69, 9.17) is 0 Å². The van der Waals surface area contributed by atoms with Crippen LogP contribution in [0.25, 0.3) is 11.0 Å². The highest BCUT2D eigenvalue weighted by Crippen LogP contribution is 2.31. The van der Waals surface area contributed by atoms with E-state index in [1.54, 1.807) is 0 Å². The maximum absolute atomic E-state index is 11.9. The molecule has 0 unspecified atom stereocenters. The number of aromatic nitrogens is 2. The Bertz CT molecular complexity index is 632. The number of nitrogens with zero attached hydrogens (tertiary/aromatic N) is 2. The van der Waals surface area contributed by atoms with Gasteiger partial charge in [-0.25, -0.2) is 4.98 Å². The van der Waals surface area contributed by atoms with Crippen LogP contribution in [0.1, 0.15) is 29.8 Å². The molecule has 0 bridgehead atoms. The Balaban J connectivity index is 1.84. The summed E-state index contributed by atoms with van der Waals surface area (Å²) in [5, 5.41) is 0. The highest BCUT2D eigenvalue weighted by atomic mass is 16.1. The van der Waals surface area contributed by atoms with Crippen LogP contribution in [0.4, 0.5) is 0 Å². The molecule has 18 heavy (non-hydrogen) atoms. The quantitative estimate of drug-likeness (QED) is 0.607. The minimum atomic E-state index is -0.231. The summed E-state index contributed by atoms with van der Waals surface area (Å²) in [5.74, 6) is -0.0810. The molecule has 1 aromatic carbocycles. The molecule has 0 radical (unpaired) electrons. The third-order valence-corrected chi connectivity index (χ3v) is 3.10. The average Bonchev–Trinajstić information content (AvgIpc) is 3.22. The van der Waals surface area contributed by atoms with Crippen LogP contribution in [0.5, 0.6) is 0 Å². The summed E-state index contributed by atoms with van der Waals surface area (Å²) in [6, 6.07) is 7.36. The third kappa shape index (κ3) is 2.14. The van der Waals surface area contributed by atoms with Crippen LogP contribution in [0.15, 0.2) is 30.5 Å². The van der Waals surface area contributed by atoms with Crippen molar-refractivity contribution >= 4 is 22.6 Å². The predicted octanol–water partition coefficient (Wildman–Crippen LogP) is 2.18. The largest absolute Gasteiger partial charge is 0.299 e. The van der Waals surface area contributed by atoms with E-state index in [0.29, 0.717) is 5.52 Å². The Morgan fingerprint density at radius 1 is 1.17 bits per heavy atom. The zero-order valence-electron chi connectivity index (χ0n) is 9.80. The zero-order chi connectivity index (χ0) is 12.5. The summed E-state index contributed by atoms with van der Waals surface area (Å²) in [4.78, 5) is 31.9. The number of carbonyl (C=O) groups is 2. The summed E-state index contributed by atoms with van der Waals surface area (Å²) in [6.45, 7) is 0. The van der Waals surface area contributed by atoms with Gasteiger partial charge in [-0.05, 0) is 25.0 Å². The Morgan fingerprint density at radius 3 is 2.61 bits per heavy atom. The van der Waals surface area contributed by atoms with Gasteiger partial charge in [0, 0.05) is 5.92 Å². The summed E-state index contributed by atoms with van der Waals surface area (Å²) in [5.41, 5.74) is 1.72. The number of rotatable bonds is 4. The second-order valence-electron chi connectivity index (χ2n) is 4.58. The fourth-order valence-electron chi connectivity index (χ4n) is 1.89. The first-order chi connectivity index (χ1) is 8.74. The molecule has 90 valence electrons. The van der Waals surface area contributed by atoms with Crippen LogP contribution in [0, 0.1) is 5.92 Å². The molecule has 0 atom stereocenters. The van der Waals surface area contributed by atoms with Crippen molar-refractivity contribution in [1.82, 2.24) is 9.97 Å². The van der Waals surface area contributed by atoms with Gasteiger partial charge in [0.05, 0.1) is 23.7 Å². The molecular formula is C14H12N2O2. The van der Waals surface area contributed by atoms with Gasteiger partial charge in [0.25, 0.3) is 0 Å². The van der Waals surface area contributed by atoms with Crippen molar-refractivity contribution in [2.75, 3.05) is 0 Å². The Kier molecular flexibility index (Phi) is 2.63. The van der Waals surface area contributed by atoms with Gasteiger partial charge in [-0.1, -0.05) is 12.1 Å². The lowest BCUT2D eigenvalue weighted by Gasteiger charge is -2.01. The molecule has 4 heteroatoms. The molecule has 0 spiro atoms. The minimum Gasteiger partial charge on any atom is -0.299 e. The molecule has 4 nitrogen and oxygen atoms in total. The van der Waals surface area contributed by atoms with Gasteiger partial charge in [0.15, 0.2) is 5.78 Å². The van der Waals surface area contributed by atoms with E-state index >= 15 is 0 Å². The number of hydrogen-bond donors (Lipinski definition) is 0. The first kappa shape index (κ1) is 11.0. The van der Waals surface area contributed by atoms with Crippen LogP contribution < -0.4 is 0 Å². The standard InChI is InChI=1S/C14H12N2O2/c17-13(9-5-6-9)7-14(18)12-8-15-10-3-1-2-4-11(10)16-12/h1-4,8-9H,5-7H2. The fraction of sp³-hybridized carbons (Fsp3) is 0.286.